The number of hydrogen-bond donors (Lipinski definition) is 2. The van der Waals surface area contributed by atoms with E-state index in [-0.39, 0.29) is 19.8 Å². The smallest absolute Gasteiger partial charge is 0.408 e. The van der Waals surface area contributed by atoms with E-state index in [1.807, 2.05) is 54.6 Å². The maximum absolute atomic E-state index is 11.5. The lowest BCUT2D eigenvalue weighted by Gasteiger charge is -2.04. The minimum absolute atomic E-state index is 0.117. The highest BCUT2D eigenvalue weighted by Gasteiger charge is 2.00. The zero-order chi connectivity index (χ0) is 16.3. The highest BCUT2D eigenvalue weighted by Crippen LogP contribution is 2.04. The van der Waals surface area contributed by atoms with Gasteiger partial charge in [-0.2, -0.15) is 0 Å². The maximum atomic E-state index is 11.5. The van der Waals surface area contributed by atoms with E-state index >= 15 is 0 Å². The van der Waals surface area contributed by atoms with Crippen LogP contribution in [-0.2, 0) is 17.8 Å². The molecule has 0 aliphatic heterocycles. The van der Waals surface area contributed by atoms with Gasteiger partial charge < -0.3 is 15.2 Å². The van der Waals surface area contributed by atoms with Gasteiger partial charge in [0.2, 0.25) is 0 Å². The Kier molecular flexibility index (Phi) is 6.70. The quantitative estimate of drug-likeness (QED) is 0.834. The molecule has 0 aliphatic carbocycles. The van der Waals surface area contributed by atoms with Crippen LogP contribution in [0.1, 0.15) is 16.7 Å². The largest absolute Gasteiger partial charge is 0.445 e. The molecule has 0 aliphatic rings. The summed E-state index contributed by atoms with van der Waals surface area (Å²) < 4.78 is 5.09. The summed E-state index contributed by atoms with van der Waals surface area (Å²) in [7, 11) is 0. The summed E-state index contributed by atoms with van der Waals surface area (Å²) in [4.78, 5) is 11.5. The molecule has 0 atom stereocenters. The molecular weight excluding hydrogens is 290 g/mol. The maximum Gasteiger partial charge on any atom is 0.408 e. The molecule has 1 amide bonds. The molecule has 0 heterocycles. The number of carbonyl (C=O) groups excluding carboxylic acids is 1. The number of aliphatic hydroxyl groups excluding tert-OH is 1. The summed E-state index contributed by atoms with van der Waals surface area (Å²) in [5.74, 6) is 5.85. The van der Waals surface area contributed by atoms with Gasteiger partial charge in [0.05, 0.1) is 6.54 Å². The van der Waals surface area contributed by atoms with E-state index < -0.39 is 6.09 Å². The van der Waals surface area contributed by atoms with Crippen molar-refractivity contribution >= 4 is 6.09 Å². The van der Waals surface area contributed by atoms with Crippen LogP contribution in [0.5, 0.6) is 0 Å². The van der Waals surface area contributed by atoms with Crippen LogP contribution < -0.4 is 5.32 Å². The van der Waals surface area contributed by atoms with Gasteiger partial charge in [0.15, 0.2) is 0 Å². The lowest BCUT2D eigenvalue weighted by molar-refractivity contribution is 0.141. The number of amides is 1. The summed E-state index contributed by atoms with van der Waals surface area (Å²) in [6.07, 6.45) is 0.122. The molecule has 0 unspecified atom stereocenters. The van der Waals surface area contributed by atoms with Gasteiger partial charge in [-0.3, -0.25) is 0 Å². The second kappa shape index (κ2) is 9.29. The van der Waals surface area contributed by atoms with Gasteiger partial charge in [-0.05, 0) is 29.7 Å². The van der Waals surface area contributed by atoms with Crippen molar-refractivity contribution in [3.05, 3.63) is 71.3 Å². The van der Waals surface area contributed by atoms with Crippen LogP contribution >= 0.6 is 0 Å². The van der Waals surface area contributed by atoms with Crippen molar-refractivity contribution < 1.29 is 14.6 Å². The first-order valence-electron chi connectivity index (χ1n) is 7.41. The van der Waals surface area contributed by atoms with E-state index in [2.05, 4.69) is 17.2 Å². The second-order valence-corrected chi connectivity index (χ2v) is 4.89. The second-order valence-electron chi connectivity index (χ2n) is 4.89. The van der Waals surface area contributed by atoms with E-state index in [1.165, 1.54) is 0 Å². The Morgan fingerprint density at radius 2 is 1.87 bits per heavy atom. The molecule has 23 heavy (non-hydrogen) atoms. The van der Waals surface area contributed by atoms with Crippen LogP contribution in [-0.4, -0.2) is 24.4 Å². The monoisotopic (exact) mass is 309 g/mol. The van der Waals surface area contributed by atoms with Crippen molar-refractivity contribution in [1.82, 2.24) is 5.32 Å². The fourth-order valence-electron chi connectivity index (χ4n) is 1.97. The summed E-state index contributed by atoms with van der Waals surface area (Å²) in [6.45, 7) is 0.576. The Bertz CT molecular complexity index is 687. The Balaban J connectivity index is 1.74. The standard InChI is InChI=1S/C19H19NO3/c21-13-11-17-9-4-8-16(14-17)10-5-12-20-19(22)23-15-18-6-2-1-3-7-18/h1-4,6-9,14,21H,11-13,15H2,(H,20,22). The summed E-state index contributed by atoms with van der Waals surface area (Å²) in [5, 5.41) is 11.5. The van der Waals surface area contributed by atoms with Crippen LogP contribution in [0.2, 0.25) is 0 Å². The molecule has 2 rings (SSSR count). The highest BCUT2D eigenvalue weighted by atomic mass is 16.5. The van der Waals surface area contributed by atoms with Crippen LogP contribution in [0.15, 0.2) is 54.6 Å². The lowest BCUT2D eigenvalue weighted by atomic mass is 10.1. The molecule has 0 fully saturated rings. The average Bonchev–Trinajstić information content (AvgIpc) is 2.58. The molecule has 0 aromatic heterocycles. The van der Waals surface area contributed by atoms with E-state index in [0.29, 0.717) is 6.42 Å². The topological polar surface area (TPSA) is 58.6 Å². The third kappa shape index (κ3) is 6.25. The summed E-state index contributed by atoms with van der Waals surface area (Å²) in [6, 6.07) is 17.2. The van der Waals surface area contributed by atoms with Crippen molar-refractivity contribution in [3.63, 3.8) is 0 Å². The van der Waals surface area contributed by atoms with Crippen molar-refractivity contribution in [2.45, 2.75) is 13.0 Å². The van der Waals surface area contributed by atoms with E-state index in [4.69, 9.17) is 9.84 Å². The molecular formula is C19H19NO3. The van der Waals surface area contributed by atoms with Gasteiger partial charge in [0.1, 0.15) is 6.61 Å². The Labute approximate surface area is 136 Å². The zero-order valence-electron chi connectivity index (χ0n) is 12.8. The first kappa shape index (κ1) is 16.6. The Morgan fingerprint density at radius 1 is 1.09 bits per heavy atom. The van der Waals surface area contributed by atoms with Gasteiger partial charge >= 0.3 is 6.09 Å². The molecule has 0 radical (unpaired) electrons. The van der Waals surface area contributed by atoms with Crippen LogP contribution in [0.25, 0.3) is 0 Å². The van der Waals surface area contributed by atoms with E-state index in [0.717, 1.165) is 16.7 Å². The number of rotatable bonds is 5. The Hall–Kier alpha value is -2.77. The lowest BCUT2D eigenvalue weighted by Crippen LogP contribution is -2.24. The number of alkyl carbamates (subject to hydrolysis) is 1. The van der Waals surface area contributed by atoms with Crippen LogP contribution in [0.4, 0.5) is 4.79 Å². The van der Waals surface area contributed by atoms with Crippen molar-refractivity contribution in [2.24, 2.45) is 0 Å². The summed E-state index contributed by atoms with van der Waals surface area (Å²) >= 11 is 0. The molecule has 2 aromatic rings. The fourth-order valence-corrected chi connectivity index (χ4v) is 1.97. The molecule has 4 nitrogen and oxygen atoms in total. The molecule has 0 saturated heterocycles. The van der Waals surface area contributed by atoms with Crippen molar-refractivity contribution in [3.8, 4) is 11.8 Å². The first-order chi connectivity index (χ1) is 11.3. The van der Waals surface area contributed by atoms with Gasteiger partial charge in [0.25, 0.3) is 0 Å². The van der Waals surface area contributed by atoms with Gasteiger partial charge in [-0.15, -0.1) is 0 Å². The summed E-state index contributed by atoms with van der Waals surface area (Å²) in [5.41, 5.74) is 2.83. The number of ether oxygens (including phenoxy) is 1. The average molecular weight is 309 g/mol. The molecule has 2 N–H and O–H groups in total. The normalized spacial score (nSPS) is 9.61. The number of aliphatic hydroxyl groups is 1. The third-order valence-electron chi connectivity index (χ3n) is 3.09. The number of benzene rings is 2. The molecule has 2 aromatic carbocycles. The molecule has 0 saturated carbocycles. The highest BCUT2D eigenvalue weighted by molar-refractivity contribution is 5.67. The predicted molar refractivity (Wildman–Crippen MR) is 88.7 cm³/mol. The minimum Gasteiger partial charge on any atom is -0.445 e. The number of hydrogen-bond acceptors (Lipinski definition) is 3. The van der Waals surface area contributed by atoms with Gasteiger partial charge in [-0.25, -0.2) is 4.79 Å². The minimum atomic E-state index is -0.489. The SMILES string of the molecule is O=C(NCC#Cc1cccc(CCO)c1)OCc1ccccc1. The number of nitrogens with one attached hydrogen (secondary N) is 1. The van der Waals surface area contributed by atoms with E-state index in [9.17, 15) is 4.79 Å². The predicted octanol–water partition coefficient (Wildman–Crippen LogP) is 2.50. The number of carbonyl (C=O) groups is 1. The molecule has 0 spiro atoms. The molecule has 0 bridgehead atoms. The molecule has 118 valence electrons. The van der Waals surface area contributed by atoms with Crippen LogP contribution in [0.3, 0.4) is 0 Å². The first-order valence-corrected chi connectivity index (χ1v) is 7.41. The zero-order valence-corrected chi connectivity index (χ0v) is 12.8. The van der Waals surface area contributed by atoms with Crippen molar-refractivity contribution in [1.29, 1.82) is 0 Å². The van der Waals surface area contributed by atoms with Crippen LogP contribution in [0, 0.1) is 11.8 Å². The fraction of sp³-hybridized carbons (Fsp3) is 0.211. The molecule has 4 heteroatoms. The van der Waals surface area contributed by atoms with E-state index in [1.54, 1.807) is 0 Å². The Morgan fingerprint density at radius 3 is 2.65 bits per heavy atom. The van der Waals surface area contributed by atoms with Gasteiger partial charge in [-0.1, -0.05) is 54.3 Å². The van der Waals surface area contributed by atoms with Crippen molar-refractivity contribution in [2.75, 3.05) is 13.2 Å². The van der Waals surface area contributed by atoms with Gasteiger partial charge in [0, 0.05) is 12.2 Å². The third-order valence-corrected chi connectivity index (χ3v) is 3.09.